The highest BCUT2D eigenvalue weighted by Crippen LogP contribution is 2.19. The lowest BCUT2D eigenvalue weighted by molar-refractivity contribution is -0.153. The number of carbonyl (C=O) groups is 1. The topological polar surface area (TPSA) is 50.8 Å². The highest BCUT2D eigenvalue weighted by Gasteiger charge is 2.28. The largest absolute Gasteiger partial charge is 0.484 e. The van der Waals surface area contributed by atoms with Crippen molar-refractivity contribution in [3.63, 3.8) is 0 Å². The lowest BCUT2D eigenvalue weighted by Gasteiger charge is -2.25. The molecule has 1 saturated heterocycles. The van der Waals surface area contributed by atoms with Gasteiger partial charge in [0.25, 0.3) is 0 Å². The first-order valence-corrected chi connectivity index (χ1v) is 7.41. The predicted octanol–water partition coefficient (Wildman–Crippen LogP) is 2.91. The molecule has 8 heteroatoms. The third-order valence-electron chi connectivity index (χ3n) is 3.22. The van der Waals surface area contributed by atoms with Crippen LogP contribution in [0, 0.1) is 0 Å². The van der Waals surface area contributed by atoms with Gasteiger partial charge in [-0.1, -0.05) is 12.1 Å². The number of alkyl halides is 3. The van der Waals surface area contributed by atoms with Crippen molar-refractivity contribution in [1.82, 2.24) is 10.4 Å². The van der Waals surface area contributed by atoms with E-state index in [0.29, 0.717) is 26.1 Å². The van der Waals surface area contributed by atoms with Gasteiger partial charge in [-0.3, -0.25) is 4.84 Å². The van der Waals surface area contributed by atoms with Gasteiger partial charge in [0.15, 0.2) is 6.61 Å². The van der Waals surface area contributed by atoms with Crippen LogP contribution in [0.25, 0.3) is 0 Å². The molecule has 1 aliphatic rings. The molecule has 1 N–H and O–H groups in total. The highest BCUT2D eigenvalue weighted by atomic mass is 19.4. The number of nitrogens with zero attached hydrogens (tertiary/aromatic N) is 1. The van der Waals surface area contributed by atoms with E-state index in [1.165, 1.54) is 17.2 Å². The molecule has 1 aromatic carbocycles. The minimum absolute atomic E-state index is 0.158. The molecular formula is C15H19F3N2O3. The number of benzene rings is 1. The molecule has 0 aromatic heterocycles. The van der Waals surface area contributed by atoms with Crippen molar-refractivity contribution in [2.24, 2.45) is 0 Å². The Bertz CT molecular complexity index is 517. The van der Waals surface area contributed by atoms with Crippen LogP contribution < -0.4 is 10.1 Å². The van der Waals surface area contributed by atoms with Crippen molar-refractivity contribution in [2.45, 2.75) is 25.4 Å². The summed E-state index contributed by atoms with van der Waals surface area (Å²) in [4.78, 5) is 17.0. The summed E-state index contributed by atoms with van der Waals surface area (Å²) in [6.45, 7) is 0.138. The zero-order chi connectivity index (χ0) is 16.7. The SMILES string of the molecule is O=C(NCCc1cccc(OCC(F)(F)F)c1)N1CCCCO1. The van der Waals surface area contributed by atoms with Crippen molar-refractivity contribution in [3.05, 3.63) is 29.8 Å². The van der Waals surface area contributed by atoms with Crippen LogP contribution in [0.5, 0.6) is 5.75 Å². The van der Waals surface area contributed by atoms with Gasteiger partial charge >= 0.3 is 12.2 Å². The zero-order valence-corrected chi connectivity index (χ0v) is 12.6. The number of hydroxylamine groups is 2. The smallest absolute Gasteiger partial charge is 0.422 e. The van der Waals surface area contributed by atoms with E-state index in [-0.39, 0.29) is 11.8 Å². The molecule has 0 aliphatic carbocycles. The van der Waals surface area contributed by atoms with E-state index in [1.54, 1.807) is 12.1 Å². The van der Waals surface area contributed by atoms with Crippen LogP contribution in [0.2, 0.25) is 0 Å². The van der Waals surface area contributed by atoms with Crippen LogP contribution in [-0.2, 0) is 11.3 Å². The summed E-state index contributed by atoms with van der Waals surface area (Å²) in [6.07, 6.45) is -2.03. The second-order valence-electron chi connectivity index (χ2n) is 5.18. The number of nitrogens with one attached hydrogen (secondary N) is 1. The van der Waals surface area contributed by atoms with Gasteiger partial charge in [-0.2, -0.15) is 13.2 Å². The average molecular weight is 332 g/mol. The summed E-state index contributed by atoms with van der Waals surface area (Å²) in [6, 6.07) is 6.10. The van der Waals surface area contributed by atoms with E-state index in [0.717, 1.165) is 18.4 Å². The fourth-order valence-corrected chi connectivity index (χ4v) is 2.11. The van der Waals surface area contributed by atoms with Crippen LogP contribution >= 0.6 is 0 Å². The molecular weight excluding hydrogens is 313 g/mol. The Labute approximate surface area is 132 Å². The van der Waals surface area contributed by atoms with E-state index in [9.17, 15) is 18.0 Å². The van der Waals surface area contributed by atoms with Gasteiger partial charge in [0.1, 0.15) is 5.75 Å². The number of halogens is 3. The molecule has 128 valence electrons. The summed E-state index contributed by atoms with van der Waals surface area (Å²) in [5.74, 6) is 0.158. The molecule has 0 atom stereocenters. The van der Waals surface area contributed by atoms with E-state index in [2.05, 4.69) is 5.32 Å². The van der Waals surface area contributed by atoms with E-state index < -0.39 is 12.8 Å². The number of rotatable bonds is 5. The van der Waals surface area contributed by atoms with Gasteiger partial charge in [-0.25, -0.2) is 9.86 Å². The second-order valence-corrected chi connectivity index (χ2v) is 5.18. The molecule has 1 heterocycles. The summed E-state index contributed by atoms with van der Waals surface area (Å²) in [7, 11) is 0. The number of urea groups is 1. The Morgan fingerprint density at radius 1 is 1.35 bits per heavy atom. The van der Waals surface area contributed by atoms with Crippen LogP contribution in [0.3, 0.4) is 0 Å². The third-order valence-corrected chi connectivity index (χ3v) is 3.22. The van der Waals surface area contributed by atoms with E-state index >= 15 is 0 Å². The van der Waals surface area contributed by atoms with Crippen LogP contribution in [0.1, 0.15) is 18.4 Å². The monoisotopic (exact) mass is 332 g/mol. The summed E-state index contributed by atoms with van der Waals surface area (Å²) in [5.41, 5.74) is 0.782. The van der Waals surface area contributed by atoms with Gasteiger partial charge in [0.05, 0.1) is 13.2 Å². The molecule has 0 spiro atoms. The fourth-order valence-electron chi connectivity index (χ4n) is 2.11. The quantitative estimate of drug-likeness (QED) is 0.902. The highest BCUT2D eigenvalue weighted by molar-refractivity contribution is 5.73. The number of carbonyl (C=O) groups excluding carboxylic acids is 1. The predicted molar refractivity (Wildman–Crippen MR) is 77.0 cm³/mol. The molecule has 0 bridgehead atoms. The van der Waals surface area contributed by atoms with Gasteiger partial charge in [0.2, 0.25) is 0 Å². The van der Waals surface area contributed by atoms with Gasteiger partial charge in [-0.15, -0.1) is 0 Å². The van der Waals surface area contributed by atoms with Crippen LogP contribution in [0.4, 0.5) is 18.0 Å². The molecule has 1 aliphatic heterocycles. The van der Waals surface area contributed by atoms with Crippen molar-refractivity contribution in [1.29, 1.82) is 0 Å². The number of hydrogen-bond acceptors (Lipinski definition) is 3. The maximum atomic E-state index is 12.1. The Kier molecular flexibility index (Phi) is 6.09. The van der Waals surface area contributed by atoms with Crippen LogP contribution in [0.15, 0.2) is 24.3 Å². The Morgan fingerprint density at radius 2 is 2.17 bits per heavy atom. The second kappa shape index (κ2) is 8.05. The third kappa shape index (κ3) is 6.35. The molecule has 0 radical (unpaired) electrons. The lowest BCUT2D eigenvalue weighted by atomic mass is 10.1. The number of ether oxygens (including phenoxy) is 1. The van der Waals surface area contributed by atoms with Crippen molar-refractivity contribution in [2.75, 3.05) is 26.3 Å². The first-order valence-electron chi connectivity index (χ1n) is 7.41. The minimum atomic E-state index is -4.36. The summed E-state index contributed by atoms with van der Waals surface area (Å²) >= 11 is 0. The average Bonchev–Trinajstić information content (AvgIpc) is 2.53. The number of hydrogen-bond donors (Lipinski definition) is 1. The molecule has 1 aromatic rings. The Morgan fingerprint density at radius 3 is 2.87 bits per heavy atom. The molecule has 0 unspecified atom stereocenters. The zero-order valence-electron chi connectivity index (χ0n) is 12.6. The van der Waals surface area contributed by atoms with Crippen molar-refractivity contribution < 1.29 is 27.5 Å². The van der Waals surface area contributed by atoms with Gasteiger partial charge < -0.3 is 10.1 Å². The van der Waals surface area contributed by atoms with Crippen molar-refractivity contribution >= 4 is 6.03 Å². The van der Waals surface area contributed by atoms with E-state index in [1.807, 2.05) is 0 Å². The molecule has 2 amide bonds. The van der Waals surface area contributed by atoms with Gasteiger partial charge in [0, 0.05) is 6.54 Å². The number of amides is 2. The van der Waals surface area contributed by atoms with Gasteiger partial charge in [-0.05, 0) is 37.0 Å². The fraction of sp³-hybridized carbons (Fsp3) is 0.533. The van der Waals surface area contributed by atoms with Crippen LogP contribution in [-0.4, -0.2) is 43.6 Å². The summed E-state index contributed by atoms with van der Waals surface area (Å²) < 4.78 is 41.1. The van der Waals surface area contributed by atoms with E-state index in [4.69, 9.17) is 9.57 Å². The first kappa shape index (κ1) is 17.4. The van der Waals surface area contributed by atoms with Crippen molar-refractivity contribution in [3.8, 4) is 5.75 Å². The maximum absolute atomic E-state index is 12.1. The molecule has 5 nitrogen and oxygen atoms in total. The first-order chi connectivity index (χ1) is 10.9. The molecule has 2 rings (SSSR count). The standard InChI is InChI=1S/C15H19F3N2O3/c16-15(17,18)11-22-13-5-3-4-12(10-13)6-7-19-14(21)20-8-1-2-9-23-20/h3-5,10H,1-2,6-9,11H2,(H,19,21). The maximum Gasteiger partial charge on any atom is 0.422 e. The minimum Gasteiger partial charge on any atom is -0.484 e. The Balaban J connectivity index is 1.75. The normalized spacial score (nSPS) is 15.3. The lowest BCUT2D eigenvalue weighted by Crippen LogP contribution is -2.43. The summed E-state index contributed by atoms with van der Waals surface area (Å²) in [5, 5.41) is 4.02. The molecule has 1 fully saturated rings. The molecule has 23 heavy (non-hydrogen) atoms. The molecule has 0 saturated carbocycles. The Hall–Kier alpha value is -1.96.